The van der Waals surface area contributed by atoms with Gasteiger partial charge in [0, 0.05) is 23.1 Å². The van der Waals surface area contributed by atoms with Gasteiger partial charge in [0.25, 0.3) is 0 Å². The van der Waals surface area contributed by atoms with Crippen LogP contribution in [-0.4, -0.2) is 6.54 Å². The van der Waals surface area contributed by atoms with Crippen molar-refractivity contribution < 1.29 is 4.39 Å². The van der Waals surface area contributed by atoms with Crippen LogP contribution in [0.3, 0.4) is 0 Å². The highest BCUT2D eigenvalue weighted by Gasteiger charge is 2.32. The molecule has 2 aromatic carbocycles. The SMILES string of the molecule is NCC1c2cc(Cl)cc(Cl)c2CN1c1ccccc1F. The molecule has 2 aromatic rings. The Kier molecular flexibility index (Phi) is 3.59. The van der Waals surface area contributed by atoms with Crippen molar-refractivity contribution >= 4 is 28.9 Å². The second kappa shape index (κ2) is 5.24. The van der Waals surface area contributed by atoms with Crippen molar-refractivity contribution in [3.8, 4) is 0 Å². The van der Waals surface area contributed by atoms with Crippen LogP contribution in [0.2, 0.25) is 10.0 Å². The van der Waals surface area contributed by atoms with Gasteiger partial charge in [0.05, 0.1) is 11.7 Å². The number of halogens is 3. The molecule has 1 atom stereocenters. The maximum atomic E-state index is 14.0. The number of nitrogens with zero attached hydrogens (tertiary/aromatic N) is 1. The molecule has 1 unspecified atom stereocenters. The summed E-state index contributed by atoms with van der Waals surface area (Å²) in [6.45, 7) is 0.909. The maximum absolute atomic E-state index is 14.0. The van der Waals surface area contributed by atoms with Gasteiger partial charge in [0.1, 0.15) is 5.82 Å². The molecule has 0 spiro atoms. The van der Waals surface area contributed by atoms with Crippen molar-refractivity contribution in [2.45, 2.75) is 12.6 Å². The molecule has 2 nitrogen and oxygen atoms in total. The molecule has 0 saturated heterocycles. The van der Waals surface area contributed by atoms with Crippen LogP contribution in [-0.2, 0) is 6.54 Å². The van der Waals surface area contributed by atoms with Gasteiger partial charge in [-0.15, -0.1) is 0 Å². The third-order valence-electron chi connectivity index (χ3n) is 3.64. The Morgan fingerprint density at radius 2 is 2.00 bits per heavy atom. The minimum Gasteiger partial charge on any atom is -0.356 e. The zero-order valence-electron chi connectivity index (χ0n) is 10.6. The Balaban J connectivity index is 2.09. The Morgan fingerprint density at radius 1 is 1.25 bits per heavy atom. The van der Waals surface area contributed by atoms with Gasteiger partial charge in [-0.2, -0.15) is 0 Å². The van der Waals surface area contributed by atoms with E-state index in [4.69, 9.17) is 28.9 Å². The number of hydrogen-bond acceptors (Lipinski definition) is 2. The van der Waals surface area contributed by atoms with Gasteiger partial charge in [-0.3, -0.25) is 0 Å². The molecule has 0 bridgehead atoms. The molecule has 20 heavy (non-hydrogen) atoms. The summed E-state index contributed by atoms with van der Waals surface area (Å²) in [5, 5.41) is 1.17. The van der Waals surface area contributed by atoms with Gasteiger partial charge >= 0.3 is 0 Å². The van der Waals surface area contributed by atoms with E-state index in [1.165, 1.54) is 6.07 Å². The zero-order chi connectivity index (χ0) is 14.3. The van der Waals surface area contributed by atoms with Crippen LogP contribution < -0.4 is 10.6 Å². The van der Waals surface area contributed by atoms with E-state index in [9.17, 15) is 4.39 Å². The number of hydrogen-bond donors (Lipinski definition) is 1. The van der Waals surface area contributed by atoms with Gasteiger partial charge < -0.3 is 10.6 Å². The molecule has 0 saturated carbocycles. The van der Waals surface area contributed by atoms with E-state index < -0.39 is 0 Å². The highest BCUT2D eigenvalue weighted by Crippen LogP contribution is 2.42. The van der Waals surface area contributed by atoms with Crippen LogP contribution in [0.1, 0.15) is 17.2 Å². The summed E-state index contributed by atoms with van der Waals surface area (Å²) in [5.74, 6) is -0.263. The van der Waals surface area contributed by atoms with E-state index in [-0.39, 0.29) is 11.9 Å². The summed E-state index contributed by atoms with van der Waals surface area (Å²) < 4.78 is 14.0. The van der Waals surface area contributed by atoms with Gasteiger partial charge in [0.15, 0.2) is 0 Å². The minimum atomic E-state index is -0.263. The second-order valence-electron chi connectivity index (χ2n) is 4.79. The second-order valence-corrected chi connectivity index (χ2v) is 5.63. The Bertz CT molecular complexity index is 660. The van der Waals surface area contributed by atoms with Crippen molar-refractivity contribution in [1.29, 1.82) is 0 Å². The lowest BCUT2D eigenvalue weighted by Crippen LogP contribution is -2.28. The van der Waals surface area contributed by atoms with E-state index in [1.807, 2.05) is 17.0 Å². The Hall–Kier alpha value is -1.29. The number of fused-ring (bicyclic) bond motifs is 1. The molecule has 1 heterocycles. The van der Waals surface area contributed by atoms with Crippen LogP contribution in [0.5, 0.6) is 0 Å². The molecule has 2 N–H and O–H groups in total. The van der Waals surface area contributed by atoms with Crippen molar-refractivity contribution in [2.24, 2.45) is 5.73 Å². The van der Waals surface area contributed by atoms with Crippen molar-refractivity contribution in [1.82, 2.24) is 0 Å². The first-order valence-corrected chi connectivity index (χ1v) is 7.06. The maximum Gasteiger partial charge on any atom is 0.146 e. The predicted molar refractivity (Wildman–Crippen MR) is 80.8 cm³/mol. The van der Waals surface area contributed by atoms with Crippen LogP contribution in [0.4, 0.5) is 10.1 Å². The van der Waals surface area contributed by atoms with Crippen LogP contribution in [0.25, 0.3) is 0 Å². The first-order valence-electron chi connectivity index (χ1n) is 6.31. The van der Waals surface area contributed by atoms with Crippen molar-refractivity contribution in [3.05, 3.63) is 63.4 Å². The molecule has 5 heteroatoms. The highest BCUT2D eigenvalue weighted by molar-refractivity contribution is 6.35. The molecule has 0 aliphatic carbocycles. The summed E-state index contributed by atoms with van der Waals surface area (Å²) in [5.41, 5.74) is 8.36. The average molecular weight is 311 g/mol. The molecule has 0 radical (unpaired) electrons. The van der Waals surface area contributed by atoms with Gasteiger partial charge in [-0.05, 0) is 35.4 Å². The molecular weight excluding hydrogens is 298 g/mol. The van der Waals surface area contributed by atoms with Crippen LogP contribution in [0, 0.1) is 5.82 Å². The Labute approximate surface area is 126 Å². The van der Waals surface area contributed by atoms with Gasteiger partial charge in [-0.25, -0.2) is 4.39 Å². The standard InChI is InChI=1S/C15H13Cl2FN2/c16-9-5-10-11(12(17)6-9)8-20(15(10)7-19)14-4-2-1-3-13(14)18/h1-6,15H,7-8,19H2. The number of rotatable bonds is 2. The zero-order valence-corrected chi connectivity index (χ0v) is 12.1. The van der Waals surface area contributed by atoms with Crippen molar-refractivity contribution in [3.63, 3.8) is 0 Å². The highest BCUT2D eigenvalue weighted by atomic mass is 35.5. The van der Waals surface area contributed by atoms with E-state index >= 15 is 0 Å². The number of benzene rings is 2. The lowest BCUT2D eigenvalue weighted by molar-refractivity contribution is 0.600. The fraction of sp³-hybridized carbons (Fsp3) is 0.200. The van der Waals surface area contributed by atoms with E-state index in [1.54, 1.807) is 18.2 Å². The number of nitrogens with two attached hydrogens (primary N) is 1. The fourth-order valence-corrected chi connectivity index (χ4v) is 3.30. The summed E-state index contributed by atoms with van der Waals surface area (Å²) in [6, 6.07) is 10.1. The van der Waals surface area contributed by atoms with Gasteiger partial charge in [-0.1, -0.05) is 35.3 Å². The predicted octanol–water partition coefficient (Wildman–Crippen LogP) is 4.15. The van der Waals surface area contributed by atoms with E-state index in [0.717, 1.165) is 11.1 Å². The molecular formula is C15H13Cl2FN2. The normalized spacial score (nSPS) is 17.4. The number of para-hydroxylation sites is 1. The van der Waals surface area contributed by atoms with E-state index in [0.29, 0.717) is 28.8 Å². The summed E-state index contributed by atoms with van der Waals surface area (Å²) in [7, 11) is 0. The quantitative estimate of drug-likeness (QED) is 0.902. The fourth-order valence-electron chi connectivity index (χ4n) is 2.73. The van der Waals surface area contributed by atoms with Crippen molar-refractivity contribution in [2.75, 3.05) is 11.4 Å². The van der Waals surface area contributed by atoms with Gasteiger partial charge in [0.2, 0.25) is 0 Å². The van der Waals surface area contributed by atoms with E-state index in [2.05, 4.69) is 0 Å². The molecule has 0 aromatic heterocycles. The Morgan fingerprint density at radius 3 is 2.70 bits per heavy atom. The smallest absolute Gasteiger partial charge is 0.146 e. The average Bonchev–Trinajstić information content (AvgIpc) is 2.77. The molecule has 0 amide bonds. The monoisotopic (exact) mass is 310 g/mol. The summed E-state index contributed by atoms with van der Waals surface area (Å²) in [6.07, 6.45) is 0. The third kappa shape index (κ3) is 2.16. The molecule has 3 rings (SSSR count). The van der Waals surface area contributed by atoms with Crippen LogP contribution in [0.15, 0.2) is 36.4 Å². The topological polar surface area (TPSA) is 29.3 Å². The third-order valence-corrected chi connectivity index (χ3v) is 4.20. The summed E-state index contributed by atoms with van der Waals surface area (Å²) >= 11 is 12.3. The molecule has 104 valence electrons. The lowest BCUT2D eigenvalue weighted by atomic mass is 10.0. The first kappa shape index (κ1) is 13.7. The molecule has 0 fully saturated rings. The number of anilines is 1. The largest absolute Gasteiger partial charge is 0.356 e. The first-order chi connectivity index (χ1) is 9.61. The molecule has 1 aliphatic heterocycles. The van der Waals surface area contributed by atoms with Crippen LogP contribution >= 0.6 is 23.2 Å². The summed E-state index contributed by atoms with van der Waals surface area (Å²) in [4.78, 5) is 1.93. The lowest BCUT2D eigenvalue weighted by Gasteiger charge is -2.26. The minimum absolute atomic E-state index is 0.113. The molecule has 1 aliphatic rings.